The number of rotatable bonds is 36. The summed E-state index contributed by atoms with van der Waals surface area (Å²) >= 11 is 7.50. The number of thioether (sulfide) groups is 4. The van der Waals surface area contributed by atoms with Gasteiger partial charge < -0.3 is 153 Å². The monoisotopic (exact) mass is 2210 g/mol. The van der Waals surface area contributed by atoms with Crippen LogP contribution in [0.4, 0.5) is 45.5 Å². The maximum Gasteiger partial charge on any atom is 0.0836 e. The minimum Gasteiger partial charge on any atom is -1.00 e. The Morgan fingerprint density at radius 1 is 0.230 bits per heavy atom. The Morgan fingerprint density at radius 3 is 0.619 bits per heavy atom. The molecule has 0 bridgehead atoms. The molecule has 0 unspecified atom stereocenters. The van der Waals surface area contributed by atoms with Crippen molar-refractivity contribution in [2.24, 2.45) is 0 Å². The van der Waals surface area contributed by atoms with Gasteiger partial charge in [0.05, 0.1) is 152 Å². The lowest BCUT2D eigenvalue weighted by molar-refractivity contribution is -0.909. The second kappa shape index (κ2) is 47.0. The SMILES string of the molecule is CN1C(=CC2=CCN(CCCCC[N+](C)(C)CCC[N+](C)(C)CCCCCN3CC=C(C=C4Sc5ccccc5N4C)c4ccccc43)c3ccccc32)Sc2ccccc21.CN1C(=CC2=CCN(CCCCC[N+](C)(C)CCC[N+](C)(C)CCCCCN3CC=C(C=C4Sc5ccccc5N4C)c4ccccc43)c3ccccc32)Sc2ccccc21.[I-].[I-].[I-].[I-]. The Hall–Kier alpha value is -5.76. The summed E-state index contributed by atoms with van der Waals surface area (Å²) in [5.41, 5.74) is 21.5. The molecule has 0 spiro atoms. The number of halogens is 4. The number of hydrogen-bond donors (Lipinski definition) is 0. The molecule has 12 nitrogen and oxygen atoms in total. The van der Waals surface area contributed by atoms with E-state index in [9.17, 15) is 0 Å². The van der Waals surface area contributed by atoms with Crippen molar-refractivity contribution in [1.82, 2.24) is 0 Å². The summed E-state index contributed by atoms with van der Waals surface area (Å²) in [6.07, 6.45) is 37.1. The molecule has 8 aliphatic rings. The first-order valence-corrected chi connectivity index (χ1v) is 48.7. The van der Waals surface area contributed by atoms with Gasteiger partial charge in [-0.05, 0) is 196 Å². The maximum absolute atomic E-state index is 2.59. The fourth-order valence-corrected chi connectivity index (χ4v) is 23.3. The van der Waals surface area contributed by atoms with E-state index in [0.29, 0.717) is 0 Å². The molecule has 0 fully saturated rings. The zero-order chi connectivity index (χ0) is 84.8. The number of anilines is 8. The number of benzene rings is 8. The van der Waals surface area contributed by atoms with E-state index >= 15 is 0 Å². The highest BCUT2D eigenvalue weighted by atomic mass is 127. The lowest BCUT2D eigenvalue weighted by atomic mass is 9.98. The summed E-state index contributed by atoms with van der Waals surface area (Å²) in [4.78, 5) is 25.0. The van der Waals surface area contributed by atoms with Gasteiger partial charge in [0.2, 0.25) is 0 Å². The molecule has 0 radical (unpaired) electrons. The van der Waals surface area contributed by atoms with E-state index in [-0.39, 0.29) is 95.9 Å². The van der Waals surface area contributed by atoms with Crippen LogP contribution >= 0.6 is 47.0 Å². The largest absolute Gasteiger partial charge is 1.00 e. The van der Waals surface area contributed by atoms with E-state index in [0.717, 1.165) is 70.3 Å². The second-order valence-electron chi connectivity index (χ2n) is 37.4. The smallest absolute Gasteiger partial charge is 0.0836 e. The molecule has 0 N–H and O–H groups in total. The van der Waals surface area contributed by atoms with E-state index in [1.54, 1.807) is 0 Å². The quantitative estimate of drug-likeness (QED) is 0.0213. The van der Waals surface area contributed by atoms with Crippen molar-refractivity contribution in [2.75, 3.05) is 228 Å². The number of hydrogen-bond acceptors (Lipinski definition) is 12. The molecule has 16 rings (SSSR count). The van der Waals surface area contributed by atoms with Crippen molar-refractivity contribution < 1.29 is 114 Å². The number of fused-ring (bicyclic) bond motifs is 8. The van der Waals surface area contributed by atoms with Crippen molar-refractivity contribution in [3.63, 3.8) is 0 Å². The van der Waals surface area contributed by atoms with Gasteiger partial charge in [-0.25, -0.2) is 0 Å². The summed E-state index contributed by atoms with van der Waals surface area (Å²) in [6, 6.07) is 70.8. The minimum atomic E-state index is 0. The standard InChI is InChI=1S/2C53H68N6S2.4HI/c2*1-54-48-26-13-15-28-50(48)60-52(54)40-42-30-34-56(46-24-11-9-22-44(42)46)32-17-7-19-36-58(3,4)38-21-39-59(5,6)37-20-8-18-33-57-35-31-43(45-23-10-12-25-47(45)57)41-53-55(2)49-27-14-16-29-51(49)61-53;;;;/h2*9-16,22-31,40-41H,7-8,17-21,32-39H2,1-6H3;4*1H/q2*+2;;;;/p-4. The molecular weight excluding hydrogens is 2080 g/mol. The molecule has 0 atom stereocenters. The number of para-hydroxylation sites is 8. The molecular formula is C106H136I4N12S4. The molecule has 126 heavy (non-hydrogen) atoms. The molecule has 8 heterocycles. The highest BCUT2D eigenvalue weighted by Gasteiger charge is 2.31. The Labute approximate surface area is 842 Å². The van der Waals surface area contributed by atoms with Gasteiger partial charge in [-0.3, -0.25) is 0 Å². The van der Waals surface area contributed by atoms with Crippen LogP contribution in [-0.4, -0.2) is 207 Å². The number of unbranched alkanes of at least 4 members (excludes halogenated alkanes) is 8. The third-order valence-electron chi connectivity index (χ3n) is 26.4. The van der Waals surface area contributed by atoms with Gasteiger partial charge in [0.1, 0.15) is 0 Å². The summed E-state index contributed by atoms with van der Waals surface area (Å²) < 4.78 is 4.49. The molecule has 20 heteroatoms. The molecule has 0 saturated heterocycles. The third-order valence-corrected chi connectivity index (χ3v) is 31.0. The molecule has 8 aromatic rings. The number of allylic oxidation sites excluding steroid dienone is 8. The summed E-state index contributed by atoms with van der Waals surface area (Å²) in [5.74, 6) is 0. The van der Waals surface area contributed by atoms with E-state index in [1.165, 1.54) is 272 Å². The van der Waals surface area contributed by atoms with Crippen LogP contribution in [0.5, 0.6) is 0 Å². The molecule has 0 aliphatic carbocycles. The van der Waals surface area contributed by atoms with Crippen LogP contribution in [0.15, 0.2) is 282 Å². The third kappa shape index (κ3) is 26.0. The van der Waals surface area contributed by atoms with Crippen molar-refractivity contribution in [2.45, 2.75) is 109 Å². The van der Waals surface area contributed by atoms with E-state index in [1.807, 2.05) is 47.0 Å². The van der Waals surface area contributed by atoms with Gasteiger partial charge >= 0.3 is 0 Å². The van der Waals surface area contributed by atoms with Gasteiger partial charge in [0, 0.05) is 158 Å². The van der Waals surface area contributed by atoms with Crippen LogP contribution in [-0.2, 0) is 0 Å². The van der Waals surface area contributed by atoms with E-state index < -0.39 is 0 Å². The predicted molar refractivity (Wildman–Crippen MR) is 534 cm³/mol. The average molecular weight is 2210 g/mol. The maximum atomic E-state index is 2.59. The van der Waals surface area contributed by atoms with Crippen molar-refractivity contribution in [3.05, 3.63) is 285 Å². The van der Waals surface area contributed by atoms with Gasteiger partial charge in [0.25, 0.3) is 0 Å². The second-order valence-corrected chi connectivity index (χ2v) is 41.7. The Balaban J connectivity index is 0.000000237. The fraction of sp³-hybridized carbons (Fsp3) is 0.396. The van der Waals surface area contributed by atoms with Crippen LogP contribution in [0, 0.1) is 0 Å². The average Bonchev–Trinajstić information content (AvgIpc) is 1.48. The first-order chi connectivity index (χ1) is 59.1. The first-order valence-electron chi connectivity index (χ1n) is 45.5. The normalized spacial score (nSPS) is 16.9. The van der Waals surface area contributed by atoms with Crippen molar-refractivity contribution in [3.8, 4) is 0 Å². The van der Waals surface area contributed by atoms with E-state index in [2.05, 4.69) is 367 Å². The highest BCUT2D eigenvalue weighted by Crippen LogP contribution is 2.51. The Bertz CT molecular complexity index is 4600. The lowest BCUT2D eigenvalue weighted by Crippen LogP contribution is -3.00. The summed E-state index contributed by atoms with van der Waals surface area (Å²) in [5, 5.41) is 5.19. The zero-order valence-electron chi connectivity index (χ0n) is 76.8. The van der Waals surface area contributed by atoms with Crippen LogP contribution in [0.25, 0.3) is 22.3 Å². The molecule has 672 valence electrons. The van der Waals surface area contributed by atoms with Crippen LogP contribution < -0.4 is 135 Å². The zero-order valence-corrected chi connectivity index (χ0v) is 88.7. The van der Waals surface area contributed by atoms with Crippen LogP contribution in [0.2, 0.25) is 0 Å². The van der Waals surface area contributed by atoms with Crippen LogP contribution in [0.3, 0.4) is 0 Å². The van der Waals surface area contributed by atoms with Gasteiger partial charge in [-0.2, -0.15) is 0 Å². The molecule has 8 aliphatic heterocycles. The van der Waals surface area contributed by atoms with Crippen molar-refractivity contribution >= 4 is 115 Å². The first kappa shape index (κ1) is 101. The van der Waals surface area contributed by atoms with Gasteiger partial charge in [-0.1, -0.05) is 193 Å². The Morgan fingerprint density at radius 2 is 0.413 bits per heavy atom. The highest BCUT2D eigenvalue weighted by molar-refractivity contribution is 8.04. The summed E-state index contributed by atoms with van der Waals surface area (Å²) in [7, 11) is 28.3. The molecule has 8 aromatic carbocycles. The number of quaternary nitrogens is 4. The van der Waals surface area contributed by atoms with Crippen molar-refractivity contribution in [1.29, 1.82) is 0 Å². The molecule has 0 aromatic heterocycles. The lowest BCUT2D eigenvalue weighted by Gasteiger charge is -2.34. The van der Waals surface area contributed by atoms with Gasteiger partial charge in [0.15, 0.2) is 0 Å². The number of nitrogens with zero attached hydrogens (tertiary/aromatic N) is 12. The van der Waals surface area contributed by atoms with E-state index in [4.69, 9.17) is 0 Å². The van der Waals surface area contributed by atoms with Crippen LogP contribution in [0.1, 0.15) is 112 Å². The van der Waals surface area contributed by atoms with Gasteiger partial charge in [-0.15, -0.1) is 0 Å². The fourth-order valence-electron chi connectivity index (χ4n) is 18.9. The minimum absolute atomic E-state index is 0. The molecule has 0 amide bonds. The summed E-state index contributed by atoms with van der Waals surface area (Å²) in [6.45, 7) is 18.4. The molecule has 0 saturated carbocycles. The predicted octanol–water partition coefficient (Wildman–Crippen LogP) is 11.7. The topological polar surface area (TPSA) is 25.9 Å². The Kier molecular flexibility index (Phi) is 37.6.